The van der Waals surface area contributed by atoms with E-state index in [0.29, 0.717) is 23.6 Å². The Bertz CT molecular complexity index is 983. The molecule has 198 valence electrons. The Morgan fingerprint density at radius 3 is 1.89 bits per heavy atom. The average Bonchev–Trinajstić information content (AvgIpc) is 3.54. The summed E-state index contributed by atoms with van der Waals surface area (Å²) >= 11 is 1.50. The van der Waals surface area contributed by atoms with Crippen LogP contribution in [0.1, 0.15) is 31.7 Å². The number of thioether (sulfide) groups is 1. The Morgan fingerprint density at radius 2 is 1.42 bits per heavy atom. The molecule has 0 aliphatic carbocycles. The van der Waals surface area contributed by atoms with E-state index in [0.717, 1.165) is 0 Å². The Hall–Kier alpha value is -3.39. The highest BCUT2D eigenvalue weighted by molar-refractivity contribution is 7.98. The third kappa shape index (κ3) is 9.00. The number of carbonyl (C=O) groups excluding carboxylic acids is 3. The van der Waals surface area contributed by atoms with Crippen molar-refractivity contribution in [1.29, 1.82) is 0 Å². The van der Waals surface area contributed by atoms with Gasteiger partial charge in [0.1, 0.15) is 18.1 Å². The van der Waals surface area contributed by atoms with Crippen LogP contribution in [0.25, 0.3) is 0 Å². The average molecular weight is 523 g/mol. The molecular weight excluding hydrogens is 488 g/mol. The van der Waals surface area contributed by atoms with Crippen LogP contribution in [0.15, 0.2) is 25.0 Å². The molecule has 0 radical (unpaired) electrons. The van der Waals surface area contributed by atoms with Crippen LogP contribution in [-0.4, -0.2) is 84.9 Å². The molecule has 0 aliphatic rings. The fraction of sp³-hybridized carbons (Fsp3) is 0.545. The number of nitrogens with one attached hydrogen (secondary N) is 5. The van der Waals surface area contributed by atoms with Gasteiger partial charge in [-0.1, -0.05) is 13.8 Å². The number of carboxylic acid groups (broad SMARTS) is 1. The van der Waals surface area contributed by atoms with Gasteiger partial charge in [-0.15, -0.1) is 0 Å². The van der Waals surface area contributed by atoms with Crippen molar-refractivity contribution in [2.24, 2.45) is 11.7 Å². The molecule has 2 aromatic rings. The molecule has 4 atom stereocenters. The van der Waals surface area contributed by atoms with Crippen LogP contribution in [0.5, 0.6) is 0 Å². The summed E-state index contributed by atoms with van der Waals surface area (Å²) in [6.45, 7) is 3.60. The van der Waals surface area contributed by atoms with E-state index >= 15 is 0 Å². The second kappa shape index (κ2) is 14.2. The third-order valence-corrected chi connectivity index (χ3v) is 6.11. The fourth-order valence-corrected chi connectivity index (χ4v) is 3.73. The summed E-state index contributed by atoms with van der Waals surface area (Å²) in [6.07, 6.45) is 8.00. The lowest BCUT2D eigenvalue weighted by atomic mass is 10.0. The summed E-state index contributed by atoms with van der Waals surface area (Å²) in [4.78, 5) is 64.1. The van der Waals surface area contributed by atoms with Crippen molar-refractivity contribution < 1.29 is 24.3 Å². The molecule has 0 saturated carbocycles. The van der Waals surface area contributed by atoms with E-state index in [9.17, 15) is 24.3 Å². The number of carbonyl (C=O) groups is 4. The summed E-state index contributed by atoms with van der Waals surface area (Å²) in [7, 11) is 0. The van der Waals surface area contributed by atoms with Crippen molar-refractivity contribution in [3.63, 3.8) is 0 Å². The van der Waals surface area contributed by atoms with Crippen molar-refractivity contribution >= 4 is 35.5 Å². The van der Waals surface area contributed by atoms with Crippen LogP contribution < -0.4 is 21.7 Å². The molecule has 0 bridgehead atoms. The van der Waals surface area contributed by atoms with E-state index in [4.69, 9.17) is 5.73 Å². The fourth-order valence-electron chi connectivity index (χ4n) is 3.26. The van der Waals surface area contributed by atoms with Crippen molar-refractivity contribution in [3.05, 3.63) is 36.4 Å². The number of H-pyrrole nitrogens is 2. The molecule has 0 aromatic carbocycles. The summed E-state index contributed by atoms with van der Waals surface area (Å²) < 4.78 is 0. The SMILES string of the molecule is CSCCC(NC(=O)C(N)C(C)C)C(=O)NC(Cc1cnc[nH]1)C(=O)NC(Cc1cnc[nH]1)C(=O)O. The van der Waals surface area contributed by atoms with Gasteiger partial charge in [-0.05, 0) is 24.3 Å². The predicted octanol–water partition coefficient (Wildman–Crippen LogP) is -0.807. The first kappa shape index (κ1) is 28.8. The monoisotopic (exact) mass is 522 g/mol. The number of carboxylic acids is 1. The maximum Gasteiger partial charge on any atom is 0.326 e. The largest absolute Gasteiger partial charge is 0.480 e. The maximum atomic E-state index is 13.2. The van der Waals surface area contributed by atoms with Gasteiger partial charge >= 0.3 is 5.97 Å². The number of nitrogens with zero attached hydrogens (tertiary/aromatic N) is 2. The summed E-state index contributed by atoms with van der Waals surface area (Å²) in [5, 5.41) is 17.4. The van der Waals surface area contributed by atoms with Gasteiger partial charge in [0, 0.05) is 36.6 Å². The van der Waals surface area contributed by atoms with E-state index in [1.165, 1.54) is 36.8 Å². The number of hydrogen-bond acceptors (Lipinski definition) is 8. The summed E-state index contributed by atoms with van der Waals surface area (Å²) in [5.41, 5.74) is 7.01. The van der Waals surface area contributed by atoms with Crippen LogP contribution in [0.4, 0.5) is 0 Å². The normalized spacial score (nSPS) is 14.5. The van der Waals surface area contributed by atoms with Crippen LogP contribution >= 0.6 is 11.8 Å². The molecule has 14 heteroatoms. The van der Waals surface area contributed by atoms with Crippen molar-refractivity contribution in [1.82, 2.24) is 35.9 Å². The quantitative estimate of drug-likeness (QED) is 0.156. The lowest BCUT2D eigenvalue weighted by Gasteiger charge is -2.25. The van der Waals surface area contributed by atoms with Gasteiger partial charge in [0.25, 0.3) is 0 Å². The highest BCUT2D eigenvalue weighted by atomic mass is 32.2. The standard InChI is InChI=1S/C22H34N8O5S/c1-12(2)18(23)21(33)28-15(4-5-36-3)19(31)29-16(6-13-8-24-10-26-13)20(32)30-17(22(34)35)7-14-9-25-11-27-14/h8-12,15-18H,4-7,23H2,1-3H3,(H,24,26)(H,25,27)(H,28,33)(H,29,31)(H,30,32)(H,34,35). The Balaban J connectivity index is 2.18. The molecule has 13 nitrogen and oxygen atoms in total. The van der Waals surface area contributed by atoms with Gasteiger partial charge < -0.3 is 36.8 Å². The van der Waals surface area contributed by atoms with Gasteiger partial charge in [-0.25, -0.2) is 14.8 Å². The molecule has 2 aromatic heterocycles. The number of imidazole rings is 2. The Labute approximate surface area is 213 Å². The molecule has 0 aliphatic heterocycles. The second-order valence-electron chi connectivity index (χ2n) is 8.63. The molecule has 3 amide bonds. The zero-order valence-electron chi connectivity index (χ0n) is 20.5. The number of nitrogens with two attached hydrogens (primary N) is 1. The highest BCUT2D eigenvalue weighted by Gasteiger charge is 2.31. The Morgan fingerprint density at radius 1 is 0.917 bits per heavy atom. The number of hydrogen-bond donors (Lipinski definition) is 7. The predicted molar refractivity (Wildman–Crippen MR) is 134 cm³/mol. The number of aromatic nitrogens is 4. The molecule has 0 fully saturated rings. The molecular formula is C22H34N8O5S. The second-order valence-corrected chi connectivity index (χ2v) is 9.62. The van der Waals surface area contributed by atoms with Crippen LogP contribution in [0, 0.1) is 5.92 Å². The van der Waals surface area contributed by atoms with Crippen molar-refractivity contribution in [2.45, 2.75) is 57.3 Å². The van der Waals surface area contributed by atoms with Crippen LogP contribution in [0.2, 0.25) is 0 Å². The minimum atomic E-state index is -1.25. The first-order chi connectivity index (χ1) is 17.1. The van der Waals surface area contributed by atoms with E-state index in [1.54, 1.807) is 13.8 Å². The van der Waals surface area contributed by atoms with E-state index in [2.05, 4.69) is 35.9 Å². The molecule has 0 saturated heterocycles. The molecule has 2 heterocycles. The van der Waals surface area contributed by atoms with Gasteiger partial charge in [-0.2, -0.15) is 11.8 Å². The lowest BCUT2D eigenvalue weighted by molar-refractivity contribution is -0.142. The van der Waals surface area contributed by atoms with Gasteiger partial charge in [0.05, 0.1) is 18.7 Å². The highest BCUT2D eigenvalue weighted by Crippen LogP contribution is 2.07. The first-order valence-corrected chi connectivity index (χ1v) is 12.8. The minimum absolute atomic E-state index is 0.0225. The number of aliphatic carboxylic acids is 1. The van der Waals surface area contributed by atoms with Gasteiger partial charge in [-0.3, -0.25) is 14.4 Å². The number of aromatic amines is 2. The molecule has 4 unspecified atom stereocenters. The number of amides is 3. The molecule has 36 heavy (non-hydrogen) atoms. The molecule has 0 spiro atoms. The third-order valence-electron chi connectivity index (χ3n) is 5.47. The first-order valence-electron chi connectivity index (χ1n) is 11.4. The summed E-state index contributed by atoms with van der Waals surface area (Å²) in [6, 6.07) is -4.10. The summed E-state index contributed by atoms with van der Waals surface area (Å²) in [5.74, 6) is -2.52. The van der Waals surface area contributed by atoms with Crippen molar-refractivity contribution in [2.75, 3.05) is 12.0 Å². The lowest BCUT2D eigenvalue weighted by Crippen LogP contribution is -2.58. The van der Waals surface area contributed by atoms with Crippen LogP contribution in [0.3, 0.4) is 0 Å². The smallest absolute Gasteiger partial charge is 0.326 e. The number of rotatable bonds is 15. The van der Waals surface area contributed by atoms with Crippen LogP contribution in [-0.2, 0) is 32.0 Å². The van der Waals surface area contributed by atoms with E-state index in [1.807, 2.05) is 6.26 Å². The maximum absolute atomic E-state index is 13.2. The minimum Gasteiger partial charge on any atom is -0.480 e. The van der Waals surface area contributed by atoms with E-state index < -0.39 is 47.9 Å². The molecule has 2 rings (SSSR count). The Kier molecular flexibility index (Phi) is 11.4. The van der Waals surface area contributed by atoms with Gasteiger partial charge in [0.2, 0.25) is 17.7 Å². The zero-order chi connectivity index (χ0) is 26.7. The topological polar surface area (TPSA) is 208 Å². The van der Waals surface area contributed by atoms with Gasteiger partial charge in [0.15, 0.2) is 0 Å². The molecule has 8 N–H and O–H groups in total. The van der Waals surface area contributed by atoms with E-state index in [-0.39, 0.29) is 18.8 Å². The van der Waals surface area contributed by atoms with Crippen molar-refractivity contribution in [3.8, 4) is 0 Å². The zero-order valence-corrected chi connectivity index (χ0v) is 21.3.